The standard InChI is InChI=1S/C17H23N3O3S2/c1-11(2)9-10-18-16(21)15-13(4)19-17(24-15)20-25(22,23)14-7-5-12(3)6-8-14/h5-8,11H,9-10H2,1-4H3,(H,18,21)(H,19,20). The molecule has 1 aromatic heterocycles. The van der Waals surface area contributed by atoms with Gasteiger partial charge in [-0.1, -0.05) is 42.9 Å². The summed E-state index contributed by atoms with van der Waals surface area (Å²) in [6.45, 7) is 8.33. The summed E-state index contributed by atoms with van der Waals surface area (Å²) >= 11 is 1.04. The first-order valence-electron chi connectivity index (χ1n) is 8.04. The lowest BCUT2D eigenvalue weighted by Crippen LogP contribution is -2.25. The molecule has 0 aliphatic heterocycles. The molecule has 8 heteroatoms. The highest BCUT2D eigenvalue weighted by Gasteiger charge is 2.20. The number of sulfonamides is 1. The zero-order valence-electron chi connectivity index (χ0n) is 14.8. The number of hydrogen-bond donors (Lipinski definition) is 2. The number of amides is 1. The Morgan fingerprint density at radius 2 is 1.84 bits per heavy atom. The number of anilines is 1. The van der Waals surface area contributed by atoms with Gasteiger partial charge in [-0.2, -0.15) is 0 Å². The summed E-state index contributed by atoms with van der Waals surface area (Å²) in [6, 6.07) is 6.54. The highest BCUT2D eigenvalue weighted by molar-refractivity contribution is 7.93. The number of nitrogens with one attached hydrogen (secondary N) is 2. The van der Waals surface area contributed by atoms with Crippen LogP contribution < -0.4 is 10.0 Å². The Morgan fingerprint density at radius 3 is 2.44 bits per heavy atom. The van der Waals surface area contributed by atoms with Crippen molar-refractivity contribution in [3.8, 4) is 0 Å². The SMILES string of the molecule is Cc1ccc(S(=O)(=O)Nc2nc(C)c(C(=O)NCCC(C)C)s2)cc1. The minimum atomic E-state index is -3.72. The largest absolute Gasteiger partial charge is 0.351 e. The van der Waals surface area contributed by atoms with Gasteiger partial charge in [0.15, 0.2) is 5.13 Å². The molecule has 0 unspecified atom stereocenters. The maximum absolute atomic E-state index is 12.4. The van der Waals surface area contributed by atoms with Gasteiger partial charge in [0.25, 0.3) is 15.9 Å². The zero-order chi connectivity index (χ0) is 18.6. The minimum Gasteiger partial charge on any atom is -0.351 e. The van der Waals surface area contributed by atoms with Crippen LogP contribution in [0.4, 0.5) is 5.13 Å². The molecule has 1 amide bonds. The van der Waals surface area contributed by atoms with Crippen molar-refractivity contribution in [3.05, 3.63) is 40.4 Å². The molecule has 0 atom stereocenters. The molecule has 1 aromatic carbocycles. The molecule has 1 heterocycles. The van der Waals surface area contributed by atoms with Gasteiger partial charge in [0.2, 0.25) is 0 Å². The molecule has 136 valence electrons. The van der Waals surface area contributed by atoms with E-state index in [4.69, 9.17) is 0 Å². The van der Waals surface area contributed by atoms with Crippen LogP contribution in [0.15, 0.2) is 29.2 Å². The Morgan fingerprint density at radius 1 is 1.20 bits per heavy atom. The predicted octanol–water partition coefficient (Wildman–Crippen LogP) is 3.34. The topological polar surface area (TPSA) is 88.2 Å². The van der Waals surface area contributed by atoms with Crippen LogP contribution in [0.2, 0.25) is 0 Å². The second-order valence-corrected chi connectivity index (χ2v) is 8.97. The Hall–Kier alpha value is -1.93. The van der Waals surface area contributed by atoms with Crippen LogP contribution >= 0.6 is 11.3 Å². The molecule has 0 saturated carbocycles. The Bertz CT molecular complexity index is 841. The van der Waals surface area contributed by atoms with Crippen molar-refractivity contribution in [2.75, 3.05) is 11.3 Å². The van der Waals surface area contributed by atoms with Crippen LogP contribution in [0.5, 0.6) is 0 Å². The van der Waals surface area contributed by atoms with Crippen LogP contribution in [-0.2, 0) is 10.0 Å². The number of thiazole rings is 1. The van der Waals surface area contributed by atoms with Crippen molar-refractivity contribution < 1.29 is 13.2 Å². The summed E-state index contributed by atoms with van der Waals surface area (Å²) < 4.78 is 27.3. The van der Waals surface area contributed by atoms with Gasteiger partial charge in [-0.05, 0) is 38.3 Å². The van der Waals surface area contributed by atoms with E-state index in [1.807, 2.05) is 6.92 Å². The van der Waals surface area contributed by atoms with Gasteiger partial charge in [-0.3, -0.25) is 9.52 Å². The Kier molecular flexibility index (Phi) is 6.18. The molecule has 25 heavy (non-hydrogen) atoms. The second-order valence-electron chi connectivity index (χ2n) is 6.29. The van der Waals surface area contributed by atoms with Gasteiger partial charge >= 0.3 is 0 Å². The average Bonchev–Trinajstić information content (AvgIpc) is 2.87. The highest BCUT2D eigenvalue weighted by Crippen LogP contribution is 2.25. The molecule has 2 rings (SSSR count). The number of benzene rings is 1. The average molecular weight is 382 g/mol. The van der Waals surface area contributed by atoms with Crippen molar-refractivity contribution in [2.24, 2.45) is 5.92 Å². The first-order valence-corrected chi connectivity index (χ1v) is 10.3. The van der Waals surface area contributed by atoms with Gasteiger partial charge < -0.3 is 5.32 Å². The third kappa shape index (κ3) is 5.27. The number of nitrogens with zero attached hydrogens (tertiary/aromatic N) is 1. The smallest absolute Gasteiger partial charge is 0.263 e. The van der Waals surface area contributed by atoms with E-state index in [0.717, 1.165) is 23.3 Å². The molecular weight excluding hydrogens is 358 g/mol. The number of rotatable bonds is 7. The van der Waals surface area contributed by atoms with E-state index in [0.29, 0.717) is 23.0 Å². The van der Waals surface area contributed by atoms with Crippen molar-refractivity contribution in [1.82, 2.24) is 10.3 Å². The van der Waals surface area contributed by atoms with E-state index in [2.05, 4.69) is 28.9 Å². The molecule has 0 saturated heterocycles. The molecule has 0 aliphatic rings. The summed E-state index contributed by atoms with van der Waals surface area (Å²) in [5.74, 6) is 0.274. The zero-order valence-corrected chi connectivity index (χ0v) is 16.4. The predicted molar refractivity (Wildman–Crippen MR) is 101 cm³/mol. The molecule has 6 nitrogen and oxygen atoms in total. The molecule has 0 fully saturated rings. The Labute approximate surface area is 152 Å². The number of hydrogen-bond acceptors (Lipinski definition) is 5. The number of carbonyl (C=O) groups excluding carboxylic acids is 1. The fraction of sp³-hybridized carbons (Fsp3) is 0.412. The van der Waals surface area contributed by atoms with Gasteiger partial charge in [-0.25, -0.2) is 13.4 Å². The van der Waals surface area contributed by atoms with Gasteiger partial charge in [0.05, 0.1) is 10.6 Å². The third-order valence-electron chi connectivity index (χ3n) is 3.56. The van der Waals surface area contributed by atoms with Crippen molar-refractivity contribution in [3.63, 3.8) is 0 Å². The Balaban J connectivity index is 2.11. The van der Waals surface area contributed by atoms with Crippen LogP contribution in [0.25, 0.3) is 0 Å². The van der Waals surface area contributed by atoms with E-state index in [1.54, 1.807) is 19.1 Å². The van der Waals surface area contributed by atoms with Crippen LogP contribution in [0.3, 0.4) is 0 Å². The maximum Gasteiger partial charge on any atom is 0.263 e. The van der Waals surface area contributed by atoms with Gasteiger partial charge in [-0.15, -0.1) is 0 Å². The molecule has 0 aliphatic carbocycles. The molecule has 2 aromatic rings. The van der Waals surface area contributed by atoms with Crippen molar-refractivity contribution in [1.29, 1.82) is 0 Å². The van der Waals surface area contributed by atoms with Crippen molar-refractivity contribution in [2.45, 2.75) is 39.0 Å². The summed E-state index contributed by atoms with van der Waals surface area (Å²) in [4.78, 5) is 17.0. The maximum atomic E-state index is 12.4. The summed E-state index contributed by atoms with van der Waals surface area (Å²) in [5.41, 5.74) is 1.48. The first kappa shape index (κ1) is 19.4. The molecule has 0 spiro atoms. The van der Waals surface area contributed by atoms with E-state index in [1.165, 1.54) is 12.1 Å². The fourth-order valence-electron chi connectivity index (χ4n) is 2.10. The fourth-order valence-corrected chi connectivity index (χ4v) is 4.21. The highest BCUT2D eigenvalue weighted by atomic mass is 32.2. The monoisotopic (exact) mass is 381 g/mol. The summed E-state index contributed by atoms with van der Waals surface area (Å²) in [5, 5.41) is 3.03. The molecule has 2 N–H and O–H groups in total. The van der Waals surface area contributed by atoms with E-state index >= 15 is 0 Å². The molecule has 0 radical (unpaired) electrons. The number of carbonyl (C=O) groups is 1. The van der Waals surface area contributed by atoms with Gasteiger partial charge in [0, 0.05) is 6.54 Å². The van der Waals surface area contributed by atoms with E-state index in [9.17, 15) is 13.2 Å². The minimum absolute atomic E-state index is 0.161. The van der Waals surface area contributed by atoms with Crippen molar-refractivity contribution >= 4 is 32.4 Å². The lowest BCUT2D eigenvalue weighted by Gasteiger charge is -2.06. The lowest BCUT2D eigenvalue weighted by molar-refractivity contribution is 0.0955. The quantitative estimate of drug-likeness (QED) is 0.770. The first-order chi connectivity index (χ1) is 11.7. The van der Waals surface area contributed by atoms with Gasteiger partial charge in [0.1, 0.15) is 4.88 Å². The third-order valence-corrected chi connectivity index (χ3v) is 6.12. The lowest BCUT2D eigenvalue weighted by atomic mass is 10.1. The number of aryl methyl sites for hydroxylation is 2. The summed E-state index contributed by atoms with van der Waals surface area (Å²) in [7, 11) is -3.72. The summed E-state index contributed by atoms with van der Waals surface area (Å²) in [6.07, 6.45) is 0.885. The molecular formula is C17H23N3O3S2. The molecule has 0 bridgehead atoms. The van der Waals surface area contributed by atoms with Crippen LogP contribution in [0, 0.1) is 19.8 Å². The number of aromatic nitrogens is 1. The van der Waals surface area contributed by atoms with Crippen LogP contribution in [-0.4, -0.2) is 25.9 Å². The van der Waals surface area contributed by atoms with E-state index in [-0.39, 0.29) is 15.9 Å². The van der Waals surface area contributed by atoms with E-state index < -0.39 is 10.0 Å². The second kappa shape index (κ2) is 7.97. The normalized spacial score (nSPS) is 11.6. The van der Waals surface area contributed by atoms with Crippen LogP contribution in [0.1, 0.15) is 41.2 Å².